The van der Waals surface area contributed by atoms with Crippen LogP contribution in [0.2, 0.25) is 0 Å². The van der Waals surface area contributed by atoms with E-state index in [4.69, 9.17) is 0 Å². The van der Waals surface area contributed by atoms with Crippen LogP contribution in [-0.2, 0) is 12.9 Å². The third-order valence-corrected chi connectivity index (χ3v) is 9.91. The first kappa shape index (κ1) is 34.7. The van der Waals surface area contributed by atoms with Crippen LogP contribution in [0.25, 0.3) is 0 Å². The third-order valence-electron chi connectivity index (χ3n) is 7.43. The number of halogens is 2. The van der Waals surface area contributed by atoms with Crippen molar-refractivity contribution in [1.82, 2.24) is 3.93 Å². The molecule has 0 radical (unpaired) electrons. The molecule has 2 aromatic carbocycles. The van der Waals surface area contributed by atoms with E-state index in [2.05, 4.69) is 146 Å². The summed E-state index contributed by atoms with van der Waals surface area (Å²) in [4.78, 5) is 0. The Morgan fingerprint density at radius 1 is 0.641 bits per heavy atom. The van der Waals surface area contributed by atoms with Gasteiger partial charge in [0.1, 0.15) is 0 Å². The smallest absolute Gasteiger partial charge is 0.0586 e. The summed E-state index contributed by atoms with van der Waals surface area (Å²) in [6.07, 6.45) is 0. The Bertz CT molecular complexity index is 1050. The van der Waals surface area contributed by atoms with Gasteiger partial charge in [-0.15, -0.1) is 0 Å². The summed E-state index contributed by atoms with van der Waals surface area (Å²) in [7, 11) is 0. The first-order valence-corrected chi connectivity index (χ1v) is 18.5. The van der Waals surface area contributed by atoms with Crippen LogP contribution in [0.1, 0.15) is 152 Å². The molecule has 6 heteroatoms. The summed E-state index contributed by atoms with van der Waals surface area (Å²) >= 11 is 8.83. The number of anilines is 2. The number of hydrogen-bond donors (Lipinski definition) is 2. The average molecular weight is 711 g/mol. The molecule has 223 valence electrons. The van der Waals surface area contributed by atoms with Crippen molar-refractivity contribution < 1.29 is 12.9 Å². The second-order valence-electron chi connectivity index (χ2n) is 12.6. The summed E-state index contributed by atoms with van der Waals surface area (Å²) in [6, 6.07) is 7.27. The molecule has 2 rings (SSSR count). The van der Waals surface area contributed by atoms with Crippen molar-refractivity contribution in [1.29, 1.82) is 0 Å². The maximum atomic E-state index is 3.85. The van der Waals surface area contributed by atoms with Gasteiger partial charge >= 0.3 is 211 Å². The zero-order valence-electron chi connectivity index (χ0n) is 26.4. The van der Waals surface area contributed by atoms with Crippen LogP contribution >= 0.6 is 30.3 Å². The molecule has 0 unspecified atom stereocenters. The molecule has 0 fully saturated rings. The third kappa shape index (κ3) is 8.97. The Kier molecular flexibility index (Phi) is 13.9. The van der Waals surface area contributed by atoms with E-state index in [-0.39, 0.29) is 0 Å². The molecule has 0 heterocycles. The van der Waals surface area contributed by atoms with Gasteiger partial charge in [-0.05, 0) is 11.5 Å². The molecule has 0 aromatic heterocycles. The summed E-state index contributed by atoms with van der Waals surface area (Å²) in [6.45, 7) is 30.1. The topological polar surface area (TPSA) is 27.3 Å². The molecule has 0 saturated heterocycles. The number of nitrogens with one attached hydrogen (secondary N) is 2. The first-order valence-electron chi connectivity index (χ1n) is 14.7. The van der Waals surface area contributed by atoms with Gasteiger partial charge in [-0.25, -0.2) is 0 Å². The Morgan fingerprint density at radius 2 is 1.13 bits per heavy atom. The standard InChI is InChI=1S/C33H53BrN3.BrH.Co/c1-20(2)26-15-28(22(5)6)32(29(16-26)23(7)8)35-13-14-37(34)19-36-33-30(24(9)10)17-27(21(3)4)18-31(33)25(11)12;;/h15-17,20-25,35-36H,13-14,19H2,1-12H3;1H;/q;;+1/p-1. The van der Waals surface area contributed by atoms with Crippen LogP contribution in [0.15, 0.2) is 18.2 Å². The van der Waals surface area contributed by atoms with Crippen LogP contribution in [0.4, 0.5) is 11.4 Å². The van der Waals surface area contributed by atoms with Crippen LogP contribution in [-0.4, -0.2) is 23.7 Å². The average Bonchev–Trinajstić information content (AvgIpc) is 2.85. The van der Waals surface area contributed by atoms with Crippen molar-refractivity contribution in [3.05, 3.63) is 51.6 Å². The Morgan fingerprint density at radius 3 is 1.54 bits per heavy atom. The Hall–Kier alpha value is -0.534. The molecule has 0 amide bonds. The van der Waals surface area contributed by atoms with Gasteiger partial charge in [-0.1, -0.05) is 41.5 Å². The van der Waals surface area contributed by atoms with E-state index in [1.807, 2.05) is 0 Å². The van der Waals surface area contributed by atoms with Crippen molar-refractivity contribution in [3.63, 3.8) is 0 Å². The Balaban J connectivity index is 2.26. The molecule has 0 aliphatic carbocycles. The monoisotopic (exact) mass is 708 g/mol. The van der Waals surface area contributed by atoms with E-state index in [1.165, 1.54) is 62.2 Å². The minimum Gasteiger partial charge on any atom is -0.0586 e. The van der Waals surface area contributed by atoms with Crippen LogP contribution in [0.5, 0.6) is 0 Å². The molecule has 0 aliphatic rings. The van der Waals surface area contributed by atoms with E-state index in [0.29, 0.717) is 35.5 Å². The zero-order valence-corrected chi connectivity index (χ0v) is 30.6. The van der Waals surface area contributed by atoms with Gasteiger partial charge in [0, 0.05) is 0 Å². The summed E-state index contributed by atoms with van der Waals surface area (Å²) in [5.41, 5.74) is 11.2. The number of nitrogens with zero attached hydrogens (tertiary/aromatic N) is 1. The second kappa shape index (κ2) is 15.6. The normalized spacial score (nSPS) is 12.4. The van der Waals surface area contributed by atoms with Crippen molar-refractivity contribution in [2.24, 2.45) is 0 Å². The van der Waals surface area contributed by atoms with Crippen LogP contribution < -0.4 is 15.1 Å². The molecule has 0 atom stereocenters. The minimum absolute atomic E-state index is 0.436. The fourth-order valence-corrected chi connectivity index (χ4v) is 7.63. The van der Waals surface area contributed by atoms with Gasteiger partial charge in [-0.3, -0.25) is 0 Å². The molecule has 0 aliphatic heterocycles. The molecule has 39 heavy (non-hydrogen) atoms. The summed E-state index contributed by atoms with van der Waals surface area (Å²) < 4.78 is 3.63. The fourth-order valence-electron chi connectivity index (χ4n) is 5.08. The predicted octanol–water partition coefficient (Wildman–Crippen LogP) is 10.5. The van der Waals surface area contributed by atoms with Gasteiger partial charge in [0.25, 0.3) is 0 Å². The maximum absolute atomic E-state index is 3.85. The number of benzene rings is 2. The minimum atomic E-state index is 0.436. The quantitative estimate of drug-likeness (QED) is 0.151. The van der Waals surface area contributed by atoms with Gasteiger partial charge in [0.2, 0.25) is 0 Å². The number of rotatable bonds is 14. The van der Waals surface area contributed by atoms with E-state index >= 15 is 0 Å². The van der Waals surface area contributed by atoms with Gasteiger partial charge in [-0.2, -0.15) is 0 Å². The van der Waals surface area contributed by atoms with Gasteiger partial charge in [0.05, 0.1) is 0 Å². The van der Waals surface area contributed by atoms with Crippen molar-refractivity contribution in [3.8, 4) is 0 Å². The molecular formula is C33H53Br2CoN3. The molecule has 0 saturated carbocycles. The van der Waals surface area contributed by atoms with Gasteiger partial charge < -0.3 is 0 Å². The predicted molar refractivity (Wildman–Crippen MR) is 179 cm³/mol. The van der Waals surface area contributed by atoms with Gasteiger partial charge in [0.15, 0.2) is 0 Å². The molecule has 0 spiro atoms. The van der Waals surface area contributed by atoms with E-state index in [0.717, 1.165) is 19.8 Å². The molecular weight excluding hydrogens is 657 g/mol. The van der Waals surface area contributed by atoms with E-state index in [1.54, 1.807) is 0 Å². The SMILES string of the molecule is CC(C)c1cc(C(C)C)c(NCCN(Br)CNc2c(C(C)C)cc(C(C)C)[c]([Co][Br])c2C(C)C)c(C(C)C)c1. The summed E-state index contributed by atoms with van der Waals surface area (Å²) in [5, 5.41) is 7.67. The van der Waals surface area contributed by atoms with E-state index in [9.17, 15) is 0 Å². The van der Waals surface area contributed by atoms with Crippen molar-refractivity contribution in [2.45, 2.75) is 119 Å². The first-order chi connectivity index (χ1) is 18.2. The van der Waals surface area contributed by atoms with Crippen molar-refractivity contribution >= 4 is 46.2 Å². The second-order valence-corrected chi connectivity index (χ2v) is 15.5. The fraction of sp³-hybridized carbons (Fsp3) is 0.636. The number of hydrogen-bond acceptors (Lipinski definition) is 3. The summed E-state index contributed by atoms with van der Waals surface area (Å²) in [5.74, 6) is 2.87. The van der Waals surface area contributed by atoms with Crippen LogP contribution in [0, 0.1) is 0 Å². The zero-order chi connectivity index (χ0) is 29.6. The van der Waals surface area contributed by atoms with E-state index < -0.39 is 0 Å². The molecule has 3 nitrogen and oxygen atoms in total. The molecule has 2 aromatic rings. The van der Waals surface area contributed by atoms with Crippen LogP contribution in [0.3, 0.4) is 0 Å². The molecule has 0 bridgehead atoms. The van der Waals surface area contributed by atoms with Crippen molar-refractivity contribution in [2.75, 3.05) is 30.4 Å². The molecule has 2 N–H and O–H groups in total. The Labute approximate surface area is 262 Å².